The van der Waals surface area contributed by atoms with Crippen molar-refractivity contribution < 1.29 is 0 Å². The van der Waals surface area contributed by atoms with Crippen LogP contribution in [0, 0.1) is 0 Å². The summed E-state index contributed by atoms with van der Waals surface area (Å²) in [6, 6.07) is 0.836. The van der Waals surface area contributed by atoms with Gasteiger partial charge in [0.1, 0.15) is 5.82 Å². The molecule has 1 aromatic rings. The van der Waals surface area contributed by atoms with Crippen LogP contribution >= 0.6 is 11.6 Å². The van der Waals surface area contributed by atoms with E-state index in [9.17, 15) is 0 Å². The first kappa shape index (κ1) is 13.1. The van der Waals surface area contributed by atoms with Crippen molar-refractivity contribution in [2.75, 3.05) is 31.1 Å². The Morgan fingerprint density at radius 3 is 2.53 bits per heavy atom. The van der Waals surface area contributed by atoms with Gasteiger partial charge in [0.2, 0.25) is 0 Å². The van der Waals surface area contributed by atoms with Crippen molar-refractivity contribution in [2.45, 2.75) is 37.6 Å². The van der Waals surface area contributed by atoms with Gasteiger partial charge in [-0.1, -0.05) is 12.8 Å². The predicted molar refractivity (Wildman–Crippen MR) is 77.6 cm³/mol. The fourth-order valence-electron chi connectivity index (χ4n) is 3.20. The van der Waals surface area contributed by atoms with E-state index in [1.807, 2.05) is 6.20 Å². The molecule has 0 spiro atoms. The van der Waals surface area contributed by atoms with Gasteiger partial charge >= 0.3 is 0 Å². The molecule has 5 heteroatoms. The van der Waals surface area contributed by atoms with Crippen molar-refractivity contribution in [1.29, 1.82) is 0 Å². The number of hydrogen-bond donors (Lipinski definition) is 0. The minimum Gasteiger partial charge on any atom is -0.353 e. The second kappa shape index (κ2) is 6.06. The molecule has 1 saturated carbocycles. The quantitative estimate of drug-likeness (QED) is 0.795. The largest absolute Gasteiger partial charge is 0.353 e. The van der Waals surface area contributed by atoms with Crippen LogP contribution in [-0.4, -0.2) is 47.1 Å². The highest BCUT2D eigenvalue weighted by Gasteiger charge is 2.26. The van der Waals surface area contributed by atoms with E-state index < -0.39 is 0 Å². The molecule has 4 nitrogen and oxygen atoms in total. The molecule has 0 radical (unpaired) electrons. The molecule has 19 heavy (non-hydrogen) atoms. The van der Waals surface area contributed by atoms with Crippen molar-refractivity contribution >= 4 is 17.4 Å². The Morgan fingerprint density at radius 2 is 1.84 bits per heavy atom. The Kier molecular flexibility index (Phi) is 4.18. The molecule has 0 N–H and O–H groups in total. The Morgan fingerprint density at radius 1 is 1.11 bits per heavy atom. The number of anilines is 1. The van der Waals surface area contributed by atoms with Gasteiger partial charge in [0.25, 0.3) is 0 Å². The maximum Gasteiger partial charge on any atom is 0.147 e. The number of hydrogen-bond acceptors (Lipinski definition) is 4. The lowest BCUT2D eigenvalue weighted by molar-refractivity contribution is 0.187. The lowest BCUT2D eigenvalue weighted by atomic mass is 10.2. The van der Waals surface area contributed by atoms with Gasteiger partial charge in [0.15, 0.2) is 0 Å². The number of piperazine rings is 1. The summed E-state index contributed by atoms with van der Waals surface area (Å²) in [6.07, 6.45) is 9.19. The normalized spacial score (nSPS) is 22.1. The van der Waals surface area contributed by atoms with Crippen molar-refractivity contribution in [3.63, 3.8) is 0 Å². The van der Waals surface area contributed by atoms with E-state index in [0.29, 0.717) is 5.88 Å². The summed E-state index contributed by atoms with van der Waals surface area (Å²) in [5.41, 5.74) is 0.859. The van der Waals surface area contributed by atoms with Gasteiger partial charge in [-0.2, -0.15) is 0 Å². The molecule has 0 unspecified atom stereocenters. The zero-order valence-electron chi connectivity index (χ0n) is 11.3. The molecule has 0 amide bonds. The third-order valence-corrected chi connectivity index (χ3v) is 4.56. The van der Waals surface area contributed by atoms with E-state index in [4.69, 9.17) is 11.6 Å². The first-order valence-corrected chi connectivity index (χ1v) is 7.76. The second-order valence-corrected chi connectivity index (χ2v) is 5.73. The summed E-state index contributed by atoms with van der Waals surface area (Å²) in [5, 5.41) is 0. The molecule has 1 aliphatic carbocycles. The van der Waals surface area contributed by atoms with Crippen LogP contribution in [0.2, 0.25) is 0 Å². The molecule has 2 heterocycles. The fourth-order valence-corrected chi connectivity index (χ4v) is 3.33. The number of halogens is 1. The van der Waals surface area contributed by atoms with E-state index in [1.54, 1.807) is 6.20 Å². The van der Waals surface area contributed by atoms with E-state index >= 15 is 0 Å². The lowest BCUT2D eigenvalue weighted by Crippen LogP contribution is -2.50. The van der Waals surface area contributed by atoms with Crippen LogP contribution in [0.15, 0.2) is 12.4 Å². The monoisotopic (exact) mass is 280 g/mol. The molecule has 1 aliphatic heterocycles. The minimum absolute atomic E-state index is 0.433. The van der Waals surface area contributed by atoms with Gasteiger partial charge in [-0.3, -0.25) is 9.88 Å². The minimum atomic E-state index is 0.433. The van der Waals surface area contributed by atoms with Crippen LogP contribution in [0.5, 0.6) is 0 Å². The summed E-state index contributed by atoms with van der Waals surface area (Å²) in [7, 11) is 0. The summed E-state index contributed by atoms with van der Waals surface area (Å²) in [5.74, 6) is 1.41. The first-order chi connectivity index (χ1) is 9.36. The van der Waals surface area contributed by atoms with Crippen LogP contribution in [0.25, 0.3) is 0 Å². The highest BCUT2D eigenvalue weighted by molar-refractivity contribution is 6.16. The Bertz CT molecular complexity index is 412. The molecule has 0 bridgehead atoms. The third-order valence-electron chi connectivity index (χ3n) is 4.29. The van der Waals surface area contributed by atoms with Gasteiger partial charge in [-0.05, 0) is 12.8 Å². The summed E-state index contributed by atoms with van der Waals surface area (Å²) < 4.78 is 0. The summed E-state index contributed by atoms with van der Waals surface area (Å²) in [6.45, 7) is 4.41. The fraction of sp³-hybridized carbons (Fsp3) is 0.714. The molecule has 0 aromatic carbocycles. The maximum absolute atomic E-state index is 5.82. The number of aromatic nitrogens is 2. The van der Waals surface area contributed by atoms with Crippen molar-refractivity contribution in [1.82, 2.24) is 14.9 Å². The smallest absolute Gasteiger partial charge is 0.147 e. The summed E-state index contributed by atoms with van der Waals surface area (Å²) in [4.78, 5) is 13.8. The van der Waals surface area contributed by atoms with Gasteiger partial charge in [0, 0.05) is 38.4 Å². The molecule has 2 fully saturated rings. The first-order valence-electron chi connectivity index (χ1n) is 7.22. The third kappa shape index (κ3) is 3.00. The van der Waals surface area contributed by atoms with Crippen LogP contribution in [0.3, 0.4) is 0 Å². The van der Waals surface area contributed by atoms with E-state index in [2.05, 4.69) is 19.8 Å². The molecule has 2 aliphatic rings. The SMILES string of the molecule is ClCc1cncc(N2CCN(C3CCCC3)CC2)n1. The van der Waals surface area contributed by atoms with E-state index in [1.165, 1.54) is 25.7 Å². The number of nitrogens with zero attached hydrogens (tertiary/aromatic N) is 4. The molecule has 1 aromatic heterocycles. The highest BCUT2D eigenvalue weighted by Crippen LogP contribution is 2.25. The molecule has 104 valence electrons. The van der Waals surface area contributed by atoms with Crippen LogP contribution < -0.4 is 4.90 Å². The number of alkyl halides is 1. The van der Waals surface area contributed by atoms with Gasteiger partial charge in [0.05, 0.1) is 17.8 Å². The zero-order valence-corrected chi connectivity index (χ0v) is 12.0. The number of rotatable bonds is 3. The summed E-state index contributed by atoms with van der Waals surface area (Å²) >= 11 is 5.82. The Balaban J connectivity index is 1.59. The Labute approximate surface area is 119 Å². The lowest BCUT2D eigenvalue weighted by Gasteiger charge is -2.38. The van der Waals surface area contributed by atoms with Crippen molar-refractivity contribution in [3.05, 3.63) is 18.1 Å². The molecular weight excluding hydrogens is 260 g/mol. The van der Waals surface area contributed by atoms with Crippen LogP contribution in [-0.2, 0) is 5.88 Å². The van der Waals surface area contributed by atoms with Gasteiger partial charge in [-0.15, -0.1) is 11.6 Å². The predicted octanol–water partition coefficient (Wildman–Crippen LogP) is 2.28. The van der Waals surface area contributed by atoms with Crippen LogP contribution in [0.4, 0.5) is 5.82 Å². The van der Waals surface area contributed by atoms with E-state index in [0.717, 1.165) is 43.7 Å². The zero-order chi connectivity index (χ0) is 13.1. The van der Waals surface area contributed by atoms with E-state index in [-0.39, 0.29) is 0 Å². The van der Waals surface area contributed by atoms with Crippen molar-refractivity contribution in [3.8, 4) is 0 Å². The Hall–Kier alpha value is -0.870. The molecular formula is C14H21ClN4. The van der Waals surface area contributed by atoms with Crippen molar-refractivity contribution in [2.24, 2.45) is 0 Å². The van der Waals surface area contributed by atoms with Crippen LogP contribution in [0.1, 0.15) is 31.4 Å². The maximum atomic E-state index is 5.82. The highest BCUT2D eigenvalue weighted by atomic mass is 35.5. The molecule has 0 atom stereocenters. The topological polar surface area (TPSA) is 32.3 Å². The average Bonchev–Trinajstić information content (AvgIpc) is 3.02. The molecule has 1 saturated heterocycles. The van der Waals surface area contributed by atoms with Gasteiger partial charge < -0.3 is 4.90 Å². The molecule has 3 rings (SSSR count). The standard InChI is InChI=1S/C14H21ClN4/c15-9-12-10-16-11-14(17-12)19-7-5-18(6-8-19)13-3-1-2-4-13/h10-11,13H,1-9H2. The average molecular weight is 281 g/mol. The van der Waals surface area contributed by atoms with Gasteiger partial charge in [-0.25, -0.2) is 4.98 Å². The second-order valence-electron chi connectivity index (χ2n) is 5.46.